The molecular weight excluding hydrogens is 501 g/mol. The maximum Gasteiger partial charge on any atom is 0.490 e. The minimum Gasteiger partial charge on any atom is -0.475 e. The van der Waals surface area contributed by atoms with Crippen molar-refractivity contribution in [2.24, 2.45) is 7.05 Å². The molecule has 38 heavy (non-hydrogen) atoms. The molecule has 3 N–H and O–H groups in total. The van der Waals surface area contributed by atoms with Crippen molar-refractivity contribution >= 4 is 17.9 Å². The van der Waals surface area contributed by atoms with E-state index >= 15 is 0 Å². The Morgan fingerprint density at radius 2 is 1.63 bits per heavy atom. The molecule has 1 unspecified atom stereocenters. The zero-order valence-corrected chi connectivity index (χ0v) is 20.5. The second-order valence-corrected chi connectivity index (χ2v) is 8.62. The van der Waals surface area contributed by atoms with Crippen molar-refractivity contribution in [3.05, 3.63) is 78.4 Å². The predicted molar refractivity (Wildman–Crippen MR) is 133 cm³/mol. The number of halogens is 3. The van der Waals surface area contributed by atoms with E-state index in [2.05, 4.69) is 59.9 Å². The molecule has 0 aliphatic heterocycles. The van der Waals surface area contributed by atoms with E-state index in [1.807, 2.05) is 50.4 Å². The third kappa shape index (κ3) is 7.02. The van der Waals surface area contributed by atoms with Gasteiger partial charge in [0.05, 0.1) is 6.04 Å². The molecule has 13 heteroatoms. The van der Waals surface area contributed by atoms with E-state index in [0.717, 1.165) is 12.0 Å². The van der Waals surface area contributed by atoms with Crippen LogP contribution in [0.1, 0.15) is 36.7 Å². The summed E-state index contributed by atoms with van der Waals surface area (Å²) in [6, 6.07) is 20.6. The first-order chi connectivity index (χ1) is 18.1. The molecule has 0 bridgehead atoms. The Kier molecular flexibility index (Phi) is 7.84. The molecule has 1 fully saturated rings. The van der Waals surface area contributed by atoms with Gasteiger partial charge in [-0.1, -0.05) is 60.7 Å². The van der Waals surface area contributed by atoms with Crippen LogP contribution in [0.4, 0.5) is 25.1 Å². The zero-order valence-electron chi connectivity index (χ0n) is 20.5. The Hall–Kier alpha value is -4.55. The number of aromatic nitrogens is 6. The van der Waals surface area contributed by atoms with E-state index < -0.39 is 12.1 Å². The largest absolute Gasteiger partial charge is 0.490 e. The van der Waals surface area contributed by atoms with Crippen LogP contribution in [0.3, 0.4) is 0 Å². The molecule has 0 radical (unpaired) electrons. The summed E-state index contributed by atoms with van der Waals surface area (Å²) in [4.78, 5) is 27.2. The van der Waals surface area contributed by atoms with Gasteiger partial charge in [0.1, 0.15) is 6.33 Å². The van der Waals surface area contributed by atoms with Gasteiger partial charge in [-0.2, -0.15) is 33.2 Å². The first-order valence-electron chi connectivity index (χ1n) is 11.7. The number of anilines is 2. The fourth-order valence-electron chi connectivity index (χ4n) is 3.62. The number of carboxylic acids is 1. The summed E-state index contributed by atoms with van der Waals surface area (Å²) in [5.74, 6) is 0.0941. The average Bonchev–Trinajstić information content (AvgIpc) is 3.52. The first-order valence-corrected chi connectivity index (χ1v) is 11.7. The van der Waals surface area contributed by atoms with Gasteiger partial charge in [0.2, 0.25) is 11.9 Å². The minimum atomic E-state index is -5.08. The number of alkyl halides is 3. The number of hydrogen-bond acceptors (Lipinski definition) is 8. The van der Waals surface area contributed by atoms with Gasteiger partial charge in [-0.05, 0) is 18.9 Å². The molecule has 4 aromatic rings. The quantitative estimate of drug-likeness (QED) is 0.320. The van der Waals surface area contributed by atoms with Crippen molar-refractivity contribution in [1.29, 1.82) is 0 Å². The van der Waals surface area contributed by atoms with Crippen molar-refractivity contribution in [2.45, 2.75) is 37.5 Å². The molecule has 0 spiro atoms. The summed E-state index contributed by atoms with van der Waals surface area (Å²) < 4.78 is 33.4. The molecule has 1 aliphatic carbocycles. The molecule has 2 aromatic heterocycles. The Morgan fingerprint density at radius 1 is 1.03 bits per heavy atom. The number of rotatable bonds is 7. The maximum absolute atomic E-state index is 10.6. The third-order valence-corrected chi connectivity index (χ3v) is 5.59. The van der Waals surface area contributed by atoms with E-state index in [1.54, 1.807) is 11.0 Å². The lowest BCUT2D eigenvalue weighted by atomic mass is 10.1. The number of aryl methyl sites for hydroxylation is 1. The Morgan fingerprint density at radius 3 is 2.21 bits per heavy atom. The van der Waals surface area contributed by atoms with Gasteiger partial charge in [-0.25, -0.2) is 9.78 Å². The van der Waals surface area contributed by atoms with Gasteiger partial charge in [0.15, 0.2) is 11.6 Å². The van der Waals surface area contributed by atoms with E-state index in [0.29, 0.717) is 35.5 Å². The fourth-order valence-corrected chi connectivity index (χ4v) is 3.62. The molecule has 3 atom stereocenters. The molecule has 10 nitrogen and oxygen atoms in total. The zero-order chi connectivity index (χ0) is 27.3. The molecule has 0 amide bonds. The predicted octanol–water partition coefficient (Wildman–Crippen LogP) is 4.44. The van der Waals surface area contributed by atoms with Crippen LogP contribution in [0.2, 0.25) is 0 Å². The lowest BCUT2D eigenvalue weighted by molar-refractivity contribution is -0.192. The van der Waals surface area contributed by atoms with E-state index in [4.69, 9.17) is 9.90 Å². The Bertz CT molecular complexity index is 1370. The van der Waals surface area contributed by atoms with Crippen LogP contribution in [0.15, 0.2) is 67.0 Å². The summed E-state index contributed by atoms with van der Waals surface area (Å²) in [5, 5.41) is 18.3. The van der Waals surface area contributed by atoms with Crippen LogP contribution >= 0.6 is 0 Å². The van der Waals surface area contributed by atoms with Crippen LogP contribution < -0.4 is 10.6 Å². The van der Waals surface area contributed by atoms with Crippen LogP contribution in [0, 0.1) is 0 Å². The number of nitrogens with zero attached hydrogens (tertiary/aromatic N) is 6. The molecule has 1 saturated carbocycles. The van der Waals surface area contributed by atoms with Crippen LogP contribution in [0.25, 0.3) is 11.4 Å². The molecule has 198 valence electrons. The normalized spacial score (nSPS) is 17.1. The van der Waals surface area contributed by atoms with Crippen molar-refractivity contribution in [3.63, 3.8) is 0 Å². The smallest absolute Gasteiger partial charge is 0.475 e. The molecule has 0 saturated heterocycles. The number of aliphatic carboxylic acids is 1. The van der Waals surface area contributed by atoms with Crippen LogP contribution in [0.5, 0.6) is 0 Å². The molecule has 5 rings (SSSR count). The number of carbonyl (C=O) groups is 1. The van der Waals surface area contributed by atoms with Gasteiger partial charge in [0, 0.05) is 24.6 Å². The lowest BCUT2D eigenvalue weighted by Crippen LogP contribution is -2.21. The van der Waals surface area contributed by atoms with E-state index in [-0.39, 0.29) is 6.04 Å². The molecule has 2 heterocycles. The summed E-state index contributed by atoms with van der Waals surface area (Å²) in [5.41, 5.74) is 2.28. The fraction of sp³-hybridized carbons (Fsp3) is 0.280. The third-order valence-electron chi connectivity index (χ3n) is 5.59. The van der Waals surface area contributed by atoms with Crippen LogP contribution in [-0.2, 0) is 11.8 Å². The van der Waals surface area contributed by atoms with Gasteiger partial charge < -0.3 is 15.7 Å². The molecule has 1 aliphatic rings. The number of carboxylic acid groups (broad SMARTS) is 1. The highest BCUT2D eigenvalue weighted by Crippen LogP contribution is 2.42. The van der Waals surface area contributed by atoms with Gasteiger partial charge >= 0.3 is 12.1 Å². The average molecular weight is 527 g/mol. The summed E-state index contributed by atoms with van der Waals surface area (Å²) >= 11 is 0. The monoisotopic (exact) mass is 526 g/mol. The van der Waals surface area contributed by atoms with Gasteiger partial charge in [0.25, 0.3) is 0 Å². The van der Waals surface area contributed by atoms with Crippen molar-refractivity contribution in [2.75, 3.05) is 10.6 Å². The Labute approximate surface area is 216 Å². The number of hydrogen-bond donors (Lipinski definition) is 3. The van der Waals surface area contributed by atoms with Gasteiger partial charge in [-0.3, -0.25) is 4.68 Å². The number of benzene rings is 2. The molecular formula is C25H25F3N8O2. The first kappa shape index (κ1) is 26.5. The van der Waals surface area contributed by atoms with Crippen molar-refractivity contribution in [3.8, 4) is 11.4 Å². The maximum atomic E-state index is 10.6. The van der Waals surface area contributed by atoms with E-state index in [1.165, 1.54) is 5.56 Å². The highest BCUT2D eigenvalue weighted by atomic mass is 19.4. The molecule has 2 aromatic carbocycles. The van der Waals surface area contributed by atoms with Crippen LogP contribution in [-0.4, -0.2) is 53.0 Å². The number of nitrogens with one attached hydrogen (secondary N) is 2. The SMILES string of the molecule is CC(Nc1nc(N[C@@H]2C[C@H]2c2ccccc2)nc(-c2ccccc2)n1)c1ncn(C)n1.O=C(O)C(F)(F)F. The highest BCUT2D eigenvalue weighted by Gasteiger charge is 2.39. The summed E-state index contributed by atoms with van der Waals surface area (Å²) in [7, 11) is 1.85. The summed E-state index contributed by atoms with van der Waals surface area (Å²) in [6.07, 6.45) is -2.34. The Balaban J connectivity index is 0.000000426. The summed E-state index contributed by atoms with van der Waals surface area (Å²) in [6.45, 7) is 1.99. The van der Waals surface area contributed by atoms with E-state index in [9.17, 15) is 13.2 Å². The van der Waals surface area contributed by atoms with Gasteiger partial charge in [-0.15, -0.1) is 0 Å². The van der Waals surface area contributed by atoms with Crippen molar-refractivity contribution in [1.82, 2.24) is 29.7 Å². The second-order valence-electron chi connectivity index (χ2n) is 8.62. The second kappa shape index (κ2) is 11.2. The highest BCUT2D eigenvalue weighted by molar-refractivity contribution is 5.73. The standard InChI is InChI=1S/C23H24N8.C2HF3O2/c1-15(20-24-14-31(2)30-20)25-22-27-21(17-11-7-4-8-12-17)28-23(29-22)26-19-13-18(19)16-9-5-3-6-10-16;3-2(4,5)1(6)7/h3-12,14-15,18-19H,13H2,1-2H3,(H2,25,26,27,28,29);(H,6,7)/t15?,18-,19+;/m0./s1. The lowest BCUT2D eigenvalue weighted by Gasteiger charge is -2.13. The topological polar surface area (TPSA) is 131 Å². The van der Waals surface area contributed by atoms with Crippen molar-refractivity contribution < 1.29 is 23.1 Å². The minimum absolute atomic E-state index is 0.141.